The lowest BCUT2D eigenvalue weighted by atomic mass is 9.96. The molecule has 3 heterocycles. The van der Waals surface area contributed by atoms with Crippen molar-refractivity contribution in [2.75, 3.05) is 13.1 Å². The monoisotopic (exact) mass is 368 g/mol. The molecule has 3 aromatic rings. The Hall–Kier alpha value is -2.54. The number of benzene rings is 1. The van der Waals surface area contributed by atoms with Gasteiger partial charge >= 0.3 is 0 Å². The Labute approximate surface area is 155 Å². The average molecular weight is 368 g/mol. The lowest BCUT2D eigenvalue weighted by Crippen LogP contribution is -2.38. The molecule has 134 valence electrons. The molecule has 6 nitrogen and oxygen atoms in total. The average Bonchev–Trinajstić information content (AvgIpc) is 3.31. The molecule has 0 aliphatic carbocycles. The molecule has 0 unspecified atom stereocenters. The van der Waals surface area contributed by atoms with Crippen LogP contribution < -0.4 is 0 Å². The molecular weight excluding hydrogens is 348 g/mol. The number of nitrogens with zero attached hydrogens (tertiary/aromatic N) is 4. The van der Waals surface area contributed by atoms with Crippen molar-refractivity contribution in [1.29, 1.82) is 0 Å². The van der Waals surface area contributed by atoms with Crippen LogP contribution in [-0.2, 0) is 0 Å². The van der Waals surface area contributed by atoms with Gasteiger partial charge in [-0.3, -0.25) is 4.79 Å². The largest absolute Gasteiger partial charge is 0.420 e. The molecule has 1 aliphatic rings. The number of carbonyl (C=O) groups excluding carboxylic acids is 1. The summed E-state index contributed by atoms with van der Waals surface area (Å²) < 4.78 is 5.89. The van der Waals surface area contributed by atoms with Gasteiger partial charge in [0.1, 0.15) is 4.88 Å². The van der Waals surface area contributed by atoms with Crippen LogP contribution in [0, 0.1) is 13.8 Å². The first-order valence-corrected chi connectivity index (χ1v) is 9.59. The highest BCUT2D eigenvalue weighted by Crippen LogP contribution is 2.32. The minimum absolute atomic E-state index is 0.0925. The van der Waals surface area contributed by atoms with Crippen LogP contribution in [0.2, 0.25) is 0 Å². The van der Waals surface area contributed by atoms with Gasteiger partial charge in [-0.2, -0.15) is 0 Å². The van der Waals surface area contributed by atoms with Crippen molar-refractivity contribution in [3.63, 3.8) is 0 Å². The smallest absolute Gasteiger partial charge is 0.259 e. The predicted octanol–water partition coefficient (Wildman–Crippen LogP) is 3.83. The molecule has 0 radical (unpaired) electrons. The van der Waals surface area contributed by atoms with Crippen molar-refractivity contribution < 1.29 is 9.21 Å². The molecule has 4 rings (SSSR count). The zero-order valence-corrected chi connectivity index (χ0v) is 15.6. The van der Waals surface area contributed by atoms with E-state index in [9.17, 15) is 4.79 Å². The van der Waals surface area contributed by atoms with Crippen molar-refractivity contribution in [2.24, 2.45) is 0 Å². The zero-order chi connectivity index (χ0) is 18.1. The van der Waals surface area contributed by atoms with E-state index in [1.54, 1.807) is 5.51 Å². The number of rotatable bonds is 3. The number of hydrogen-bond donors (Lipinski definition) is 0. The molecule has 0 spiro atoms. The third kappa shape index (κ3) is 3.26. The van der Waals surface area contributed by atoms with Crippen LogP contribution in [0.5, 0.6) is 0 Å². The van der Waals surface area contributed by atoms with E-state index in [-0.39, 0.29) is 11.8 Å². The fraction of sp³-hybridized carbons (Fsp3) is 0.368. The van der Waals surface area contributed by atoms with Crippen molar-refractivity contribution in [3.8, 4) is 10.8 Å². The van der Waals surface area contributed by atoms with E-state index < -0.39 is 0 Å². The fourth-order valence-corrected chi connectivity index (χ4v) is 3.93. The van der Waals surface area contributed by atoms with Gasteiger partial charge in [0, 0.05) is 24.6 Å². The summed E-state index contributed by atoms with van der Waals surface area (Å²) in [5.74, 6) is 1.50. The Bertz CT molecular complexity index is 908. The molecule has 1 fully saturated rings. The first-order valence-electron chi connectivity index (χ1n) is 8.71. The number of thiazole rings is 1. The number of hydrogen-bond acceptors (Lipinski definition) is 6. The molecular formula is C19H20N4O2S. The van der Waals surface area contributed by atoms with Gasteiger partial charge in [0.25, 0.3) is 11.8 Å². The Balaban J connectivity index is 1.41. The lowest BCUT2D eigenvalue weighted by molar-refractivity contribution is 0.0706. The third-order valence-electron chi connectivity index (χ3n) is 4.81. The van der Waals surface area contributed by atoms with Crippen LogP contribution in [0.3, 0.4) is 0 Å². The Morgan fingerprint density at radius 3 is 2.54 bits per heavy atom. The van der Waals surface area contributed by atoms with Gasteiger partial charge in [-0.1, -0.05) is 17.7 Å². The van der Waals surface area contributed by atoms with E-state index in [1.165, 1.54) is 11.3 Å². The van der Waals surface area contributed by atoms with E-state index >= 15 is 0 Å². The summed E-state index contributed by atoms with van der Waals surface area (Å²) in [4.78, 5) is 19.7. The van der Waals surface area contributed by atoms with Gasteiger partial charge in [-0.05, 0) is 38.8 Å². The van der Waals surface area contributed by atoms with Gasteiger partial charge < -0.3 is 9.32 Å². The molecule has 2 aromatic heterocycles. The number of aryl methyl sites for hydroxylation is 2. The van der Waals surface area contributed by atoms with E-state index in [1.807, 2.05) is 43.0 Å². The summed E-state index contributed by atoms with van der Waals surface area (Å²) in [5.41, 5.74) is 4.59. The molecule has 0 saturated carbocycles. The number of carbonyl (C=O) groups is 1. The van der Waals surface area contributed by atoms with E-state index in [0.717, 1.165) is 34.5 Å². The molecule has 1 saturated heterocycles. The second kappa shape index (κ2) is 6.99. The summed E-state index contributed by atoms with van der Waals surface area (Å²) >= 11 is 1.51. The standard InChI is InChI=1S/C19H20N4O2S/c1-12-3-5-15(6-4-12)19(24)23-9-7-14(8-10-23)17-21-22-18(25-17)16-13(2)20-11-26-16/h3-6,11,14H,7-10H2,1-2H3. The van der Waals surface area contributed by atoms with Gasteiger partial charge in [-0.25, -0.2) is 4.98 Å². The predicted molar refractivity (Wildman–Crippen MR) is 99.2 cm³/mol. The highest BCUT2D eigenvalue weighted by molar-refractivity contribution is 7.13. The second-order valence-corrected chi connectivity index (χ2v) is 7.50. The van der Waals surface area contributed by atoms with Crippen LogP contribution in [0.15, 0.2) is 34.2 Å². The summed E-state index contributed by atoms with van der Waals surface area (Å²) in [5, 5.41) is 8.41. The minimum atomic E-state index is 0.0925. The lowest BCUT2D eigenvalue weighted by Gasteiger charge is -2.30. The number of piperidine rings is 1. The van der Waals surface area contributed by atoms with Crippen molar-refractivity contribution in [1.82, 2.24) is 20.1 Å². The molecule has 1 aliphatic heterocycles. The summed E-state index contributed by atoms with van der Waals surface area (Å²) in [6, 6.07) is 7.74. The number of likely N-dealkylation sites (tertiary alicyclic amines) is 1. The zero-order valence-electron chi connectivity index (χ0n) is 14.8. The molecule has 7 heteroatoms. The molecule has 0 atom stereocenters. The highest BCUT2D eigenvalue weighted by Gasteiger charge is 2.28. The van der Waals surface area contributed by atoms with Crippen molar-refractivity contribution >= 4 is 17.2 Å². The number of amides is 1. The molecule has 0 bridgehead atoms. The van der Waals surface area contributed by atoms with Crippen molar-refractivity contribution in [2.45, 2.75) is 32.6 Å². The van der Waals surface area contributed by atoms with E-state index in [2.05, 4.69) is 15.2 Å². The topological polar surface area (TPSA) is 72.1 Å². The Morgan fingerprint density at radius 2 is 1.88 bits per heavy atom. The van der Waals surface area contributed by atoms with Crippen LogP contribution >= 0.6 is 11.3 Å². The SMILES string of the molecule is Cc1ccc(C(=O)N2CCC(c3nnc(-c4scnc4C)o3)CC2)cc1. The quantitative estimate of drug-likeness (QED) is 0.702. The minimum Gasteiger partial charge on any atom is -0.420 e. The van der Waals surface area contributed by atoms with Gasteiger partial charge in [0.05, 0.1) is 11.2 Å². The van der Waals surface area contributed by atoms with Gasteiger partial charge in [-0.15, -0.1) is 21.5 Å². The van der Waals surface area contributed by atoms with Crippen LogP contribution in [0.25, 0.3) is 10.8 Å². The van der Waals surface area contributed by atoms with Crippen LogP contribution in [0.4, 0.5) is 0 Å². The van der Waals surface area contributed by atoms with Crippen LogP contribution in [0.1, 0.15) is 46.3 Å². The van der Waals surface area contributed by atoms with Crippen LogP contribution in [-0.4, -0.2) is 39.1 Å². The summed E-state index contributed by atoms with van der Waals surface area (Å²) in [6.45, 7) is 5.36. The highest BCUT2D eigenvalue weighted by atomic mass is 32.1. The Kier molecular flexibility index (Phi) is 4.55. The van der Waals surface area contributed by atoms with E-state index in [4.69, 9.17) is 4.42 Å². The fourth-order valence-electron chi connectivity index (χ4n) is 3.21. The summed E-state index contributed by atoms with van der Waals surface area (Å²) in [7, 11) is 0. The third-order valence-corrected chi connectivity index (χ3v) is 5.73. The number of aromatic nitrogens is 3. The molecule has 1 aromatic carbocycles. The maximum absolute atomic E-state index is 12.6. The van der Waals surface area contributed by atoms with E-state index in [0.29, 0.717) is 24.9 Å². The second-order valence-electron chi connectivity index (χ2n) is 6.64. The normalized spacial score (nSPS) is 15.4. The van der Waals surface area contributed by atoms with Gasteiger partial charge in [0.2, 0.25) is 5.89 Å². The van der Waals surface area contributed by atoms with Crippen molar-refractivity contribution in [3.05, 3.63) is 52.5 Å². The Morgan fingerprint density at radius 1 is 1.15 bits per heavy atom. The molecule has 1 amide bonds. The first kappa shape index (κ1) is 16.9. The summed E-state index contributed by atoms with van der Waals surface area (Å²) in [6.07, 6.45) is 1.67. The molecule has 26 heavy (non-hydrogen) atoms. The maximum Gasteiger partial charge on any atom is 0.259 e. The molecule has 0 N–H and O–H groups in total. The first-order chi connectivity index (χ1) is 12.6. The van der Waals surface area contributed by atoms with Gasteiger partial charge in [0.15, 0.2) is 0 Å². The maximum atomic E-state index is 12.6.